The van der Waals surface area contributed by atoms with Crippen molar-refractivity contribution in [2.45, 2.75) is 40.2 Å². The lowest BCUT2D eigenvalue weighted by Crippen LogP contribution is -2.22. The first-order valence-electron chi connectivity index (χ1n) is 6.69. The standard InChI is InChI=1S/C16H25NO/c1-6-13-18-16(4,5)14-9-11-15(12-10-14)17(7-2)8-3/h6,9-13H,7-8H2,1-5H3/b13-6-. The lowest BCUT2D eigenvalue weighted by atomic mass is 9.98. The number of ether oxygens (including phenoxy) is 1. The molecule has 2 heteroatoms. The van der Waals surface area contributed by atoms with Crippen LogP contribution in [0, 0.1) is 0 Å². The van der Waals surface area contributed by atoms with Crippen LogP contribution in [0.5, 0.6) is 0 Å². The summed E-state index contributed by atoms with van der Waals surface area (Å²) in [5.41, 5.74) is 2.18. The summed E-state index contributed by atoms with van der Waals surface area (Å²) in [5, 5.41) is 0. The first-order chi connectivity index (χ1) is 8.55. The van der Waals surface area contributed by atoms with E-state index < -0.39 is 0 Å². The van der Waals surface area contributed by atoms with Crippen LogP contribution in [0.2, 0.25) is 0 Å². The molecule has 0 amide bonds. The Hall–Kier alpha value is -1.44. The van der Waals surface area contributed by atoms with Gasteiger partial charge in [-0.1, -0.05) is 18.2 Å². The summed E-state index contributed by atoms with van der Waals surface area (Å²) in [5.74, 6) is 0. The number of allylic oxidation sites excluding steroid dienone is 1. The van der Waals surface area contributed by atoms with E-state index in [2.05, 4.69) is 56.9 Å². The van der Waals surface area contributed by atoms with Crippen molar-refractivity contribution in [2.75, 3.05) is 18.0 Å². The smallest absolute Gasteiger partial charge is 0.127 e. The fourth-order valence-corrected chi connectivity index (χ4v) is 1.97. The van der Waals surface area contributed by atoms with Gasteiger partial charge in [-0.05, 0) is 52.3 Å². The first-order valence-corrected chi connectivity index (χ1v) is 6.69. The molecular weight excluding hydrogens is 222 g/mol. The molecule has 0 saturated heterocycles. The second-order valence-electron chi connectivity index (χ2n) is 4.82. The van der Waals surface area contributed by atoms with Gasteiger partial charge in [0.25, 0.3) is 0 Å². The maximum atomic E-state index is 5.72. The first kappa shape index (κ1) is 14.6. The van der Waals surface area contributed by atoms with Crippen molar-refractivity contribution in [2.24, 2.45) is 0 Å². The Labute approximate surface area is 111 Å². The summed E-state index contributed by atoms with van der Waals surface area (Å²) in [4.78, 5) is 2.34. The Bertz CT molecular complexity index is 375. The van der Waals surface area contributed by atoms with Gasteiger partial charge in [0.1, 0.15) is 5.60 Å². The molecule has 18 heavy (non-hydrogen) atoms. The molecule has 100 valence electrons. The minimum atomic E-state index is -0.283. The lowest BCUT2D eigenvalue weighted by Gasteiger charge is -2.26. The Balaban J connectivity index is 2.88. The summed E-state index contributed by atoms with van der Waals surface area (Å²) < 4.78 is 5.72. The number of nitrogens with zero attached hydrogens (tertiary/aromatic N) is 1. The van der Waals surface area contributed by atoms with Crippen LogP contribution in [-0.4, -0.2) is 13.1 Å². The van der Waals surface area contributed by atoms with Crippen LogP contribution in [0.1, 0.15) is 40.2 Å². The topological polar surface area (TPSA) is 12.5 Å². The van der Waals surface area contributed by atoms with E-state index in [1.807, 2.05) is 13.0 Å². The number of hydrogen-bond donors (Lipinski definition) is 0. The largest absolute Gasteiger partial charge is 0.491 e. The highest BCUT2D eigenvalue weighted by molar-refractivity contribution is 5.48. The van der Waals surface area contributed by atoms with Crippen molar-refractivity contribution in [3.8, 4) is 0 Å². The predicted octanol–water partition coefficient (Wildman–Crippen LogP) is 4.32. The van der Waals surface area contributed by atoms with Crippen LogP contribution in [0.3, 0.4) is 0 Å². The minimum Gasteiger partial charge on any atom is -0.491 e. The molecule has 0 radical (unpaired) electrons. The van der Waals surface area contributed by atoms with Crippen molar-refractivity contribution in [1.29, 1.82) is 0 Å². The van der Waals surface area contributed by atoms with Crippen LogP contribution in [0.4, 0.5) is 5.69 Å². The Morgan fingerprint density at radius 2 is 1.67 bits per heavy atom. The molecule has 2 nitrogen and oxygen atoms in total. The molecule has 0 aliphatic carbocycles. The van der Waals surface area contributed by atoms with Gasteiger partial charge in [0.15, 0.2) is 0 Å². The molecule has 0 spiro atoms. The molecule has 1 aromatic rings. The molecule has 0 atom stereocenters. The molecule has 0 unspecified atom stereocenters. The van der Waals surface area contributed by atoms with Gasteiger partial charge in [-0.2, -0.15) is 0 Å². The van der Waals surface area contributed by atoms with Gasteiger partial charge in [0, 0.05) is 18.8 Å². The van der Waals surface area contributed by atoms with Crippen molar-refractivity contribution in [3.05, 3.63) is 42.2 Å². The zero-order valence-electron chi connectivity index (χ0n) is 12.2. The Kier molecular flexibility index (Phi) is 5.26. The van der Waals surface area contributed by atoms with Crippen LogP contribution in [0.25, 0.3) is 0 Å². The summed E-state index contributed by atoms with van der Waals surface area (Å²) >= 11 is 0. The number of anilines is 1. The molecule has 0 aliphatic heterocycles. The molecule has 0 N–H and O–H groups in total. The molecule has 0 heterocycles. The highest BCUT2D eigenvalue weighted by Crippen LogP contribution is 2.27. The van der Waals surface area contributed by atoms with Crippen LogP contribution < -0.4 is 4.90 Å². The zero-order valence-corrected chi connectivity index (χ0v) is 12.2. The van der Waals surface area contributed by atoms with E-state index in [1.54, 1.807) is 6.26 Å². The number of rotatable bonds is 6. The third-order valence-electron chi connectivity index (χ3n) is 3.19. The monoisotopic (exact) mass is 247 g/mol. The molecule has 0 aliphatic rings. The van der Waals surface area contributed by atoms with Gasteiger partial charge in [0.2, 0.25) is 0 Å². The summed E-state index contributed by atoms with van der Waals surface area (Å²) in [7, 11) is 0. The molecule has 0 bridgehead atoms. The predicted molar refractivity (Wildman–Crippen MR) is 78.9 cm³/mol. The van der Waals surface area contributed by atoms with E-state index in [9.17, 15) is 0 Å². The van der Waals surface area contributed by atoms with E-state index in [0.717, 1.165) is 13.1 Å². The fourth-order valence-electron chi connectivity index (χ4n) is 1.97. The lowest BCUT2D eigenvalue weighted by molar-refractivity contribution is 0.0550. The molecular formula is C16H25NO. The van der Waals surface area contributed by atoms with E-state index in [0.29, 0.717) is 0 Å². The highest BCUT2D eigenvalue weighted by atomic mass is 16.5. The minimum absolute atomic E-state index is 0.283. The van der Waals surface area contributed by atoms with Gasteiger partial charge in [-0.3, -0.25) is 0 Å². The number of benzene rings is 1. The molecule has 1 aromatic carbocycles. The third-order valence-corrected chi connectivity index (χ3v) is 3.19. The van der Waals surface area contributed by atoms with Gasteiger partial charge >= 0.3 is 0 Å². The quantitative estimate of drug-likeness (QED) is 0.694. The van der Waals surface area contributed by atoms with Crippen LogP contribution >= 0.6 is 0 Å². The second kappa shape index (κ2) is 6.48. The molecule has 0 saturated carbocycles. The Morgan fingerprint density at radius 1 is 1.11 bits per heavy atom. The third kappa shape index (κ3) is 3.52. The average molecular weight is 247 g/mol. The van der Waals surface area contributed by atoms with Gasteiger partial charge in [-0.25, -0.2) is 0 Å². The van der Waals surface area contributed by atoms with Crippen molar-refractivity contribution < 1.29 is 4.74 Å². The maximum Gasteiger partial charge on any atom is 0.127 e. The highest BCUT2D eigenvalue weighted by Gasteiger charge is 2.20. The summed E-state index contributed by atoms with van der Waals surface area (Å²) in [6.45, 7) is 12.5. The van der Waals surface area contributed by atoms with Crippen molar-refractivity contribution in [1.82, 2.24) is 0 Å². The van der Waals surface area contributed by atoms with Gasteiger partial charge in [-0.15, -0.1) is 0 Å². The van der Waals surface area contributed by atoms with E-state index in [4.69, 9.17) is 4.74 Å². The van der Waals surface area contributed by atoms with E-state index >= 15 is 0 Å². The van der Waals surface area contributed by atoms with Crippen LogP contribution in [0.15, 0.2) is 36.6 Å². The summed E-state index contributed by atoms with van der Waals surface area (Å²) in [6, 6.07) is 8.64. The van der Waals surface area contributed by atoms with Crippen molar-refractivity contribution in [3.63, 3.8) is 0 Å². The summed E-state index contributed by atoms with van der Waals surface area (Å²) in [6.07, 6.45) is 3.66. The van der Waals surface area contributed by atoms with E-state index in [1.165, 1.54) is 11.3 Å². The molecule has 1 rings (SSSR count). The average Bonchev–Trinajstić information content (AvgIpc) is 2.38. The maximum absolute atomic E-state index is 5.72. The fraction of sp³-hybridized carbons (Fsp3) is 0.500. The van der Waals surface area contributed by atoms with Crippen molar-refractivity contribution >= 4 is 5.69 Å². The van der Waals surface area contributed by atoms with Gasteiger partial charge < -0.3 is 9.64 Å². The van der Waals surface area contributed by atoms with Crippen LogP contribution in [-0.2, 0) is 10.3 Å². The second-order valence-corrected chi connectivity index (χ2v) is 4.82. The number of hydrogen-bond acceptors (Lipinski definition) is 2. The normalized spacial score (nSPS) is 11.8. The van der Waals surface area contributed by atoms with E-state index in [-0.39, 0.29) is 5.60 Å². The SMILES string of the molecule is C/C=C\OC(C)(C)c1ccc(N(CC)CC)cc1. The molecule has 0 fully saturated rings. The molecule has 0 aromatic heterocycles. The van der Waals surface area contributed by atoms with Gasteiger partial charge in [0.05, 0.1) is 6.26 Å². The Morgan fingerprint density at radius 3 is 2.11 bits per heavy atom. The zero-order chi connectivity index (χ0) is 13.6.